The normalized spacial score (nSPS) is 17.0. The van der Waals surface area contributed by atoms with Crippen LogP contribution in [0.2, 0.25) is 0 Å². The summed E-state index contributed by atoms with van der Waals surface area (Å²) in [7, 11) is -3.78. The number of carbonyl (C=O) groups excluding carboxylic acids is 2. The van der Waals surface area contributed by atoms with Crippen molar-refractivity contribution in [1.82, 2.24) is 9.21 Å². The van der Waals surface area contributed by atoms with Gasteiger partial charge in [0.05, 0.1) is 16.1 Å². The van der Waals surface area contributed by atoms with Crippen molar-refractivity contribution in [2.24, 2.45) is 5.92 Å². The summed E-state index contributed by atoms with van der Waals surface area (Å²) in [5.74, 6) is -0.848. The van der Waals surface area contributed by atoms with Crippen LogP contribution in [0.3, 0.4) is 0 Å². The van der Waals surface area contributed by atoms with Gasteiger partial charge in [-0.3, -0.25) is 9.59 Å². The van der Waals surface area contributed by atoms with Crippen molar-refractivity contribution in [3.63, 3.8) is 0 Å². The molecule has 0 spiro atoms. The number of carbonyl (C=O) groups is 2. The van der Waals surface area contributed by atoms with E-state index in [1.165, 1.54) is 16.4 Å². The van der Waals surface area contributed by atoms with E-state index in [1.54, 1.807) is 11.0 Å². The van der Waals surface area contributed by atoms with Crippen LogP contribution >= 0.6 is 0 Å². The number of anilines is 1. The molecule has 34 heavy (non-hydrogen) atoms. The highest BCUT2D eigenvalue weighted by atomic mass is 32.2. The number of sulfonamides is 1. The van der Waals surface area contributed by atoms with Crippen LogP contribution in [0.15, 0.2) is 65.6 Å². The minimum atomic E-state index is -3.78. The molecule has 1 saturated carbocycles. The molecule has 2 aliphatic rings. The van der Waals surface area contributed by atoms with E-state index in [-0.39, 0.29) is 48.8 Å². The van der Waals surface area contributed by atoms with Crippen molar-refractivity contribution in [2.45, 2.75) is 17.7 Å². The van der Waals surface area contributed by atoms with Gasteiger partial charge in [0.25, 0.3) is 5.91 Å². The summed E-state index contributed by atoms with van der Waals surface area (Å²) < 4.78 is 40.3. The summed E-state index contributed by atoms with van der Waals surface area (Å²) in [5.41, 5.74) is 0.865. The third-order valence-corrected chi connectivity index (χ3v) is 8.21. The minimum Gasteiger partial charge on any atom is -0.336 e. The van der Waals surface area contributed by atoms with Crippen molar-refractivity contribution >= 4 is 38.3 Å². The van der Waals surface area contributed by atoms with Gasteiger partial charge in [0.15, 0.2) is 0 Å². The van der Waals surface area contributed by atoms with E-state index in [9.17, 15) is 22.4 Å². The molecule has 0 atom stereocenters. The molecule has 2 amide bonds. The van der Waals surface area contributed by atoms with Crippen LogP contribution in [-0.4, -0.2) is 55.6 Å². The van der Waals surface area contributed by atoms with Crippen molar-refractivity contribution in [1.29, 1.82) is 0 Å². The van der Waals surface area contributed by atoms with Gasteiger partial charge in [0, 0.05) is 32.1 Å². The SMILES string of the molecule is O=C(Nc1cc2ccccc2cc1C(=O)N1CCN(S(=O)(=O)c2ccc(F)cc2)CC1)C1CC1. The second-order valence-corrected chi connectivity index (χ2v) is 10.6. The van der Waals surface area contributed by atoms with E-state index in [0.29, 0.717) is 11.3 Å². The fourth-order valence-corrected chi connectivity index (χ4v) is 5.58. The molecular formula is C25H24FN3O4S. The molecule has 1 heterocycles. The minimum absolute atomic E-state index is 0.00497. The maximum atomic E-state index is 13.5. The number of amides is 2. The van der Waals surface area contributed by atoms with Crippen LogP contribution in [0, 0.1) is 11.7 Å². The zero-order chi connectivity index (χ0) is 23.9. The molecule has 0 aromatic heterocycles. The van der Waals surface area contributed by atoms with Gasteiger partial charge in [-0.2, -0.15) is 4.31 Å². The number of rotatable bonds is 5. The lowest BCUT2D eigenvalue weighted by Crippen LogP contribution is -2.50. The Labute approximate surface area is 197 Å². The number of fused-ring (bicyclic) bond motifs is 1. The van der Waals surface area contributed by atoms with Gasteiger partial charge < -0.3 is 10.2 Å². The molecule has 0 bridgehead atoms. The highest BCUT2D eigenvalue weighted by Gasteiger charge is 2.33. The number of nitrogens with zero attached hydrogens (tertiary/aromatic N) is 2. The molecule has 1 N–H and O–H groups in total. The molecule has 2 fully saturated rings. The fraction of sp³-hybridized carbons (Fsp3) is 0.280. The first-order valence-electron chi connectivity index (χ1n) is 11.2. The Morgan fingerprint density at radius 1 is 0.882 bits per heavy atom. The van der Waals surface area contributed by atoms with Crippen LogP contribution in [-0.2, 0) is 14.8 Å². The zero-order valence-electron chi connectivity index (χ0n) is 18.4. The first-order chi connectivity index (χ1) is 16.3. The standard InChI is InChI=1S/C25H24FN3O4S/c26-20-7-9-21(10-8-20)34(32,33)29-13-11-28(12-14-29)25(31)22-15-18-3-1-2-4-19(18)16-23(22)27-24(30)17-5-6-17/h1-4,7-10,15-17H,5-6,11-14H2,(H,27,30). The first-order valence-corrected chi connectivity index (χ1v) is 12.7. The average molecular weight is 482 g/mol. The van der Waals surface area contributed by atoms with Crippen molar-refractivity contribution in [3.8, 4) is 0 Å². The molecule has 1 saturated heterocycles. The zero-order valence-corrected chi connectivity index (χ0v) is 19.2. The number of piperazine rings is 1. The monoisotopic (exact) mass is 481 g/mol. The van der Waals surface area contributed by atoms with Crippen molar-refractivity contribution < 1.29 is 22.4 Å². The van der Waals surface area contributed by atoms with Crippen LogP contribution in [0.25, 0.3) is 10.8 Å². The van der Waals surface area contributed by atoms with Gasteiger partial charge in [-0.05, 0) is 60.0 Å². The lowest BCUT2D eigenvalue weighted by atomic mass is 10.0. The Kier molecular flexibility index (Phi) is 5.83. The van der Waals surface area contributed by atoms with Gasteiger partial charge in [-0.25, -0.2) is 12.8 Å². The van der Waals surface area contributed by atoms with E-state index in [1.807, 2.05) is 30.3 Å². The molecule has 3 aromatic carbocycles. The van der Waals surface area contributed by atoms with Crippen LogP contribution in [0.1, 0.15) is 23.2 Å². The van der Waals surface area contributed by atoms with Crippen LogP contribution < -0.4 is 5.32 Å². The van der Waals surface area contributed by atoms with Gasteiger partial charge in [0.2, 0.25) is 15.9 Å². The Bertz CT molecular complexity index is 1360. The Hall–Kier alpha value is -3.30. The predicted octanol–water partition coefficient (Wildman–Crippen LogP) is 3.47. The summed E-state index contributed by atoms with van der Waals surface area (Å²) in [4.78, 5) is 27.5. The molecule has 1 aliphatic carbocycles. The van der Waals surface area contributed by atoms with Crippen LogP contribution in [0.5, 0.6) is 0 Å². The third kappa shape index (κ3) is 4.41. The van der Waals surface area contributed by atoms with Gasteiger partial charge >= 0.3 is 0 Å². The maximum absolute atomic E-state index is 13.5. The molecule has 0 radical (unpaired) electrons. The first kappa shape index (κ1) is 22.5. The lowest BCUT2D eigenvalue weighted by Gasteiger charge is -2.34. The number of halogens is 1. The summed E-state index contributed by atoms with van der Waals surface area (Å²) >= 11 is 0. The van der Waals surface area contributed by atoms with Gasteiger partial charge in [0.1, 0.15) is 5.82 Å². The molecule has 176 valence electrons. The van der Waals surface area contributed by atoms with Crippen LogP contribution in [0.4, 0.5) is 10.1 Å². The molecular weight excluding hydrogens is 457 g/mol. The third-order valence-electron chi connectivity index (χ3n) is 6.30. The average Bonchev–Trinajstić information content (AvgIpc) is 3.69. The largest absolute Gasteiger partial charge is 0.336 e. The molecule has 5 rings (SSSR count). The van der Waals surface area contributed by atoms with Crippen molar-refractivity contribution in [3.05, 3.63) is 72.0 Å². The van der Waals surface area contributed by atoms with Gasteiger partial charge in [-0.1, -0.05) is 24.3 Å². The highest BCUT2D eigenvalue weighted by molar-refractivity contribution is 7.89. The van der Waals surface area contributed by atoms with E-state index in [4.69, 9.17) is 0 Å². The number of nitrogens with one attached hydrogen (secondary N) is 1. The summed E-state index contributed by atoms with van der Waals surface area (Å²) in [6, 6.07) is 15.9. The predicted molar refractivity (Wildman–Crippen MR) is 126 cm³/mol. The summed E-state index contributed by atoms with van der Waals surface area (Å²) in [6.45, 7) is 0.676. The van der Waals surface area contributed by atoms with Crippen molar-refractivity contribution in [2.75, 3.05) is 31.5 Å². The lowest BCUT2D eigenvalue weighted by molar-refractivity contribution is -0.117. The second kappa shape index (κ2) is 8.81. The van der Waals surface area contributed by atoms with E-state index in [2.05, 4.69) is 5.32 Å². The van der Waals surface area contributed by atoms with E-state index < -0.39 is 15.8 Å². The summed E-state index contributed by atoms with van der Waals surface area (Å²) in [6.07, 6.45) is 1.71. The number of hydrogen-bond donors (Lipinski definition) is 1. The topological polar surface area (TPSA) is 86.8 Å². The molecule has 3 aromatic rings. The molecule has 9 heteroatoms. The number of hydrogen-bond acceptors (Lipinski definition) is 4. The Balaban J connectivity index is 1.36. The Morgan fingerprint density at radius 3 is 2.12 bits per heavy atom. The Morgan fingerprint density at radius 2 is 1.50 bits per heavy atom. The summed E-state index contributed by atoms with van der Waals surface area (Å²) in [5, 5.41) is 4.72. The van der Waals surface area contributed by atoms with E-state index >= 15 is 0 Å². The smallest absolute Gasteiger partial charge is 0.256 e. The maximum Gasteiger partial charge on any atom is 0.256 e. The highest BCUT2D eigenvalue weighted by Crippen LogP contribution is 2.32. The molecule has 7 nitrogen and oxygen atoms in total. The second-order valence-electron chi connectivity index (χ2n) is 8.66. The molecule has 0 unspecified atom stereocenters. The van der Waals surface area contributed by atoms with Gasteiger partial charge in [-0.15, -0.1) is 0 Å². The fourth-order valence-electron chi connectivity index (χ4n) is 4.16. The molecule has 1 aliphatic heterocycles. The number of benzene rings is 3. The quantitative estimate of drug-likeness (QED) is 0.605. The van der Waals surface area contributed by atoms with E-state index in [0.717, 1.165) is 35.7 Å².